The van der Waals surface area contributed by atoms with Crippen LogP contribution < -0.4 is 15.4 Å². The van der Waals surface area contributed by atoms with Crippen LogP contribution in [-0.4, -0.2) is 40.3 Å². The number of methoxy groups -OCH3 is 1. The average molecular weight is 455 g/mol. The number of hydrogen-bond donors (Lipinski definition) is 1. The van der Waals surface area contributed by atoms with Crippen molar-refractivity contribution in [1.29, 1.82) is 0 Å². The second kappa shape index (κ2) is 9.84. The van der Waals surface area contributed by atoms with Gasteiger partial charge in [-0.2, -0.15) is 4.98 Å². The van der Waals surface area contributed by atoms with Crippen LogP contribution in [0.5, 0.6) is 5.75 Å². The summed E-state index contributed by atoms with van der Waals surface area (Å²) >= 11 is 0. The van der Waals surface area contributed by atoms with E-state index in [2.05, 4.69) is 32.1 Å². The van der Waals surface area contributed by atoms with Crippen molar-refractivity contribution in [2.45, 2.75) is 18.8 Å². The maximum absolute atomic E-state index is 6.04. The van der Waals surface area contributed by atoms with E-state index >= 15 is 0 Å². The van der Waals surface area contributed by atoms with Crippen molar-refractivity contribution in [3.63, 3.8) is 0 Å². The van der Waals surface area contributed by atoms with Crippen molar-refractivity contribution in [2.24, 2.45) is 0 Å². The Morgan fingerprint density at radius 2 is 1.79 bits per heavy atom. The van der Waals surface area contributed by atoms with Crippen molar-refractivity contribution in [1.82, 2.24) is 19.9 Å². The van der Waals surface area contributed by atoms with Crippen LogP contribution >= 0.6 is 0 Å². The lowest BCUT2D eigenvalue weighted by atomic mass is 9.90. The third-order valence-electron chi connectivity index (χ3n) is 5.94. The molecule has 0 spiro atoms. The van der Waals surface area contributed by atoms with Crippen LogP contribution in [0, 0.1) is 0 Å². The molecule has 5 rings (SSSR count). The van der Waals surface area contributed by atoms with Gasteiger partial charge in [-0.05, 0) is 60.7 Å². The summed E-state index contributed by atoms with van der Waals surface area (Å²) in [6.07, 6.45) is 7.10. The smallest absolute Gasteiger partial charge is 0.236 e. The molecular weight excluding hydrogens is 428 g/mol. The first kappa shape index (κ1) is 21.8. The molecule has 8 nitrogen and oxygen atoms in total. The number of benzene rings is 1. The number of ether oxygens (including phenoxy) is 2. The summed E-state index contributed by atoms with van der Waals surface area (Å²) in [6, 6.07) is 17.5. The predicted molar refractivity (Wildman–Crippen MR) is 131 cm³/mol. The normalized spacial score (nSPS) is 14.0. The van der Waals surface area contributed by atoms with E-state index < -0.39 is 0 Å². The molecule has 0 radical (unpaired) electrons. The van der Waals surface area contributed by atoms with Gasteiger partial charge in [-0.1, -0.05) is 12.1 Å². The molecule has 8 heteroatoms. The molecule has 0 unspecified atom stereocenters. The zero-order valence-corrected chi connectivity index (χ0v) is 19.0. The molecule has 0 amide bonds. The van der Waals surface area contributed by atoms with Crippen molar-refractivity contribution in [3.8, 4) is 17.1 Å². The van der Waals surface area contributed by atoms with E-state index in [0.29, 0.717) is 23.4 Å². The van der Waals surface area contributed by atoms with Crippen LogP contribution in [0.3, 0.4) is 0 Å². The lowest BCUT2D eigenvalue weighted by Gasteiger charge is -2.28. The van der Waals surface area contributed by atoms with Gasteiger partial charge in [0.15, 0.2) is 0 Å². The highest BCUT2D eigenvalue weighted by molar-refractivity contribution is 5.83. The summed E-state index contributed by atoms with van der Waals surface area (Å²) in [4.78, 5) is 20.1. The van der Waals surface area contributed by atoms with Crippen molar-refractivity contribution in [2.75, 3.05) is 31.0 Å². The number of anilines is 4. The van der Waals surface area contributed by atoms with Crippen LogP contribution in [0.4, 0.5) is 23.1 Å². The predicted octanol–water partition coefficient (Wildman–Crippen LogP) is 4.89. The van der Waals surface area contributed by atoms with Gasteiger partial charge in [-0.15, -0.1) is 0 Å². The van der Waals surface area contributed by atoms with E-state index in [1.807, 2.05) is 41.3 Å². The number of aromatic nitrogens is 4. The Morgan fingerprint density at radius 3 is 2.56 bits per heavy atom. The minimum Gasteiger partial charge on any atom is -0.496 e. The first-order chi connectivity index (χ1) is 16.7. The highest BCUT2D eigenvalue weighted by Gasteiger charge is 2.24. The molecule has 1 aromatic carbocycles. The topological polar surface area (TPSA) is 99.3 Å². The molecule has 1 fully saturated rings. The van der Waals surface area contributed by atoms with Crippen LogP contribution in [-0.2, 0) is 4.74 Å². The van der Waals surface area contributed by atoms with E-state index in [0.717, 1.165) is 48.9 Å². The first-order valence-corrected chi connectivity index (χ1v) is 11.3. The third-order valence-corrected chi connectivity index (χ3v) is 5.94. The van der Waals surface area contributed by atoms with E-state index in [9.17, 15) is 0 Å². The van der Waals surface area contributed by atoms with Crippen molar-refractivity contribution >= 4 is 23.1 Å². The van der Waals surface area contributed by atoms with Gasteiger partial charge in [0, 0.05) is 37.9 Å². The van der Waals surface area contributed by atoms with Gasteiger partial charge in [0.2, 0.25) is 5.95 Å². The van der Waals surface area contributed by atoms with E-state index in [1.165, 1.54) is 5.56 Å². The Morgan fingerprint density at radius 1 is 0.941 bits per heavy atom. The van der Waals surface area contributed by atoms with Gasteiger partial charge in [0.25, 0.3) is 0 Å². The largest absolute Gasteiger partial charge is 0.496 e. The molecule has 0 aliphatic carbocycles. The summed E-state index contributed by atoms with van der Waals surface area (Å²) in [5.74, 6) is 2.04. The Bertz CT molecular complexity index is 1260. The van der Waals surface area contributed by atoms with E-state index in [4.69, 9.17) is 15.2 Å². The fraction of sp³-hybridized carbons (Fsp3) is 0.231. The van der Waals surface area contributed by atoms with E-state index in [1.54, 1.807) is 31.8 Å². The Hall–Kier alpha value is -4.04. The third kappa shape index (κ3) is 4.40. The molecular formula is C26H26N6O2. The lowest BCUT2D eigenvalue weighted by molar-refractivity contribution is 0.0848. The Labute approximate surface area is 198 Å². The molecule has 2 N–H and O–H groups in total. The van der Waals surface area contributed by atoms with Crippen molar-refractivity contribution in [3.05, 3.63) is 78.8 Å². The number of nitrogen functional groups attached to an aromatic ring is 1. The molecule has 4 heterocycles. The molecule has 1 aliphatic heterocycles. The molecule has 34 heavy (non-hydrogen) atoms. The summed E-state index contributed by atoms with van der Waals surface area (Å²) in [5.41, 5.74) is 10.3. The van der Waals surface area contributed by atoms with Gasteiger partial charge in [0.05, 0.1) is 24.2 Å². The van der Waals surface area contributed by atoms with Gasteiger partial charge >= 0.3 is 0 Å². The lowest BCUT2D eigenvalue weighted by Crippen LogP contribution is -2.17. The van der Waals surface area contributed by atoms with E-state index in [-0.39, 0.29) is 0 Å². The van der Waals surface area contributed by atoms with Crippen LogP contribution in [0.15, 0.2) is 73.2 Å². The molecule has 0 atom stereocenters. The van der Waals surface area contributed by atoms with Crippen LogP contribution in [0.2, 0.25) is 0 Å². The average Bonchev–Trinajstić information content (AvgIpc) is 2.90. The minimum atomic E-state index is 0.379. The highest BCUT2D eigenvalue weighted by atomic mass is 16.5. The molecule has 0 bridgehead atoms. The first-order valence-electron chi connectivity index (χ1n) is 11.3. The van der Waals surface area contributed by atoms with Crippen LogP contribution in [0.1, 0.15) is 24.3 Å². The Balaban J connectivity index is 1.66. The standard InChI is InChI=1S/C26H26N6O2/c1-33-23-17-19(7-8-20(23)18-10-15-34-16-11-18)32(26-30-14-9-24(27)31-26)22-6-4-13-29-25(22)21-5-2-3-12-28-21/h2-9,12-14,17-18H,10-11,15-16H2,1H3,(H2,27,30,31). The molecule has 172 valence electrons. The summed E-state index contributed by atoms with van der Waals surface area (Å²) in [6.45, 7) is 1.53. The second-order valence-electron chi connectivity index (χ2n) is 8.02. The summed E-state index contributed by atoms with van der Waals surface area (Å²) < 4.78 is 11.4. The highest BCUT2D eigenvalue weighted by Crippen LogP contribution is 2.41. The Kier molecular flexibility index (Phi) is 6.31. The molecule has 1 saturated heterocycles. The molecule has 1 aliphatic rings. The second-order valence-corrected chi connectivity index (χ2v) is 8.02. The quantitative estimate of drug-likeness (QED) is 0.440. The molecule has 4 aromatic rings. The zero-order valence-electron chi connectivity index (χ0n) is 19.0. The number of pyridine rings is 2. The monoisotopic (exact) mass is 454 g/mol. The van der Waals surface area contributed by atoms with Gasteiger partial charge < -0.3 is 15.2 Å². The van der Waals surface area contributed by atoms with Gasteiger partial charge in [0.1, 0.15) is 17.3 Å². The number of rotatable bonds is 6. The summed E-state index contributed by atoms with van der Waals surface area (Å²) in [5, 5.41) is 0. The fourth-order valence-electron chi connectivity index (χ4n) is 4.29. The number of nitrogens with zero attached hydrogens (tertiary/aromatic N) is 5. The minimum absolute atomic E-state index is 0.379. The number of nitrogens with two attached hydrogens (primary N) is 1. The molecule has 0 saturated carbocycles. The maximum Gasteiger partial charge on any atom is 0.236 e. The van der Waals surface area contributed by atoms with Gasteiger partial charge in [-0.3, -0.25) is 14.9 Å². The number of hydrogen-bond acceptors (Lipinski definition) is 8. The summed E-state index contributed by atoms with van der Waals surface area (Å²) in [7, 11) is 1.70. The SMILES string of the molecule is COc1cc(N(c2nccc(N)n2)c2cccnc2-c2ccccn2)ccc1C1CCOCC1. The zero-order chi connectivity index (χ0) is 23.3. The van der Waals surface area contributed by atoms with Gasteiger partial charge in [-0.25, -0.2) is 4.98 Å². The van der Waals surface area contributed by atoms with Crippen LogP contribution in [0.25, 0.3) is 11.4 Å². The maximum atomic E-state index is 6.04. The molecule has 3 aromatic heterocycles. The van der Waals surface area contributed by atoms with Crippen molar-refractivity contribution < 1.29 is 9.47 Å². The fourth-order valence-corrected chi connectivity index (χ4v) is 4.29.